The summed E-state index contributed by atoms with van der Waals surface area (Å²) in [6, 6.07) is 2.12. The summed E-state index contributed by atoms with van der Waals surface area (Å²) in [5, 5.41) is 13.0. The minimum atomic E-state index is -0.551. The van der Waals surface area contributed by atoms with Crippen LogP contribution < -0.4 is 0 Å². The van der Waals surface area contributed by atoms with Crippen LogP contribution in [-0.2, 0) is 5.60 Å². The van der Waals surface area contributed by atoms with Crippen molar-refractivity contribution in [2.45, 2.75) is 65.4 Å². The zero-order valence-electron chi connectivity index (χ0n) is 12.1. The van der Waals surface area contributed by atoms with Gasteiger partial charge in [0.15, 0.2) is 0 Å². The van der Waals surface area contributed by atoms with Gasteiger partial charge in [-0.2, -0.15) is 0 Å². The van der Waals surface area contributed by atoms with Crippen molar-refractivity contribution in [2.24, 2.45) is 11.3 Å². The summed E-state index contributed by atoms with van der Waals surface area (Å²) in [5.41, 5.74) is 1.05. The second kappa shape index (κ2) is 4.97. The molecule has 0 aliphatic heterocycles. The molecule has 1 N–H and O–H groups in total. The number of aliphatic hydroxyl groups is 1. The Morgan fingerprint density at radius 1 is 1.39 bits per heavy atom. The van der Waals surface area contributed by atoms with Crippen LogP contribution in [0.25, 0.3) is 0 Å². The van der Waals surface area contributed by atoms with Gasteiger partial charge in [-0.3, -0.25) is 0 Å². The van der Waals surface area contributed by atoms with Crippen LogP contribution in [0, 0.1) is 18.3 Å². The average molecular weight is 266 g/mol. The van der Waals surface area contributed by atoms with Gasteiger partial charge in [-0.25, -0.2) is 0 Å². The lowest BCUT2D eigenvalue weighted by Gasteiger charge is -2.42. The van der Waals surface area contributed by atoms with Crippen LogP contribution in [0.15, 0.2) is 11.4 Å². The number of hydrogen-bond acceptors (Lipinski definition) is 2. The standard InChI is InChI=1S/C16H26OS/c1-5-15(3,4)13-6-9-16(17,10-7-13)14-8-11-18-12(14)2/h8,11,13,17H,5-7,9-10H2,1-4H3. The Labute approximate surface area is 115 Å². The molecular weight excluding hydrogens is 240 g/mol. The van der Waals surface area contributed by atoms with Crippen molar-refractivity contribution < 1.29 is 5.11 Å². The first-order chi connectivity index (χ1) is 8.39. The SMILES string of the molecule is CCC(C)(C)C1CCC(O)(c2ccsc2C)CC1. The summed E-state index contributed by atoms with van der Waals surface area (Å²) in [6.45, 7) is 9.15. The van der Waals surface area contributed by atoms with Crippen LogP contribution in [-0.4, -0.2) is 5.11 Å². The lowest BCUT2D eigenvalue weighted by molar-refractivity contribution is -0.0329. The second-order valence-corrected chi connectivity index (χ2v) is 7.66. The van der Waals surface area contributed by atoms with Gasteiger partial charge < -0.3 is 5.11 Å². The fraction of sp³-hybridized carbons (Fsp3) is 0.750. The van der Waals surface area contributed by atoms with E-state index in [0.717, 1.165) is 31.6 Å². The molecule has 1 saturated carbocycles. The molecule has 0 aromatic carbocycles. The van der Waals surface area contributed by atoms with Crippen molar-refractivity contribution in [2.75, 3.05) is 0 Å². The molecule has 0 radical (unpaired) electrons. The highest BCUT2D eigenvalue weighted by Gasteiger charge is 2.40. The lowest BCUT2D eigenvalue weighted by Crippen LogP contribution is -2.36. The molecular formula is C16H26OS. The van der Waals surface area contributed by atoms with E-state index in [1.807, 2.05) is 0 Å². The number of rotatable bonds is 3. The molecule has 0 amide bonds. The van der Waals surface area contributed by atoms with Crippen LogP contribution in [0.2, 0.25) is 0 Å². The summed E-state index contributed by atoms with van der Waals surface area (Å²) in [7, 11) is 0. The van der Waals surface area contributed by atoms with Gasteiger partial charge in [0, 0.05) is 4.88 Å². The molecule has 1 fully saturated rings. The molecule has 1 nitrogen and oxygen atoms in total. The van der Waals surface area contributed by atoms with Gasteiger partial charge in [-0.15, -0.1) is 11.3 Å². The van der Waals surface area contributed by atoms with E-state index in [2.05, 4.69) is 39.1 Å². The van der Waals surface area contributed by atoms with Gasteiger partial charge in [-0.05, 0) is 60.9 Å². The molecule has 1 aromatic rings. The van der Waals surface area contributed by atoms with Crippen LogP contribution in [0.5, 0.6) is 0 Å². The third-order valence-corrected chi connectivity index (χ3v) is 6.03. The van der Waals surface area contributed by atoms with E-state index in [1.165, 1.54) is 16.9 Å². The van der Waals surface area contributed by atoms with Gasteiger partial charge >= 0.3 is 0 Å². The zero-order chi connectivity index (χ0) is 13.4. The first kappa shape index (κ1) is 14.1. The molecule has 0 unspecified atom stereocenters. The van der Waals surface area contributed by atoms with Crippen molar-refractivity contribution in [1.82, 2.24) is 0 Å². The minimum Gasteiger partial charge on any atom is -0.385 e. The summed E-state index contributed by atoms with van der Waals surface area (Å²) < 4.78 is 0. The lowest BCUT2D eigenvalue weighted by atomic mass is 9.65. The summed E-state index contributed by atoms with van der Waals surface area (Å²) in [5.74, 6) is 0.765. The molecule has 1 aliphatic carbocycles. The van der Waals surface area contributed by atoms with Gasteiger partial charge in [0.05, 0.1) is 5.60 Å². The van der Waals surface area contributed by atoms with Crippen LogP contribution >= 0.6 is 11.3 Å². The second-order valence-electron chi connectivity index (χ2n) is 6.54. The fourth-order valence-electron chi connectivity index (χ4n) is 3.30. The Hall–Kier alpha value is -0.340. The van der Waals surface area contributed by atoms with E-state index in [4.69, 9.17) is 0 Å². The van der Waals surface area contributed by atoms with E-state index in [-0.39, 0.29) is 0 Å². The van der Waals surface area contributed by atoms with Gasteiger partial charge in [0.25, 0.3) is 0 Å². The van der Waals surface area contributed by atoms with Gasteiger partial charge in [0.2, 0.25) is 0 Å². The first-order valence-corrected chi connectivity index (χ1v) is 8.04. The molecule has 1 aromatic heterocycles. The Kier molecular flexibility index (Phi) is 3.89. The third-order valence-electron chi connectivity index (χ3n) is 5.19. The molecule has 2 heteroatoms. The molecule has 1 aliphatic rings. The van der Waals surface area contributed by atoms with Crippen molar-refractivity contribution in [3.63, 3.8) is 0 Å². The smallest absolute Gasteiger partial charge is 0.0907 e. The maximum absolute atomic E-state index is 10.9. The maximum atomic E-state index is 10.9. The van der Waals surface area contributed by atoms with Crippen molar-refractivity contribution >= 4 is 11.3 Å². The van der Waals surface area contributed by atoms with Crippen LogP contribution in [0.4, 0.5) is 0 Å². The molecule has 0 spiro atoms. The van der Waals surface area contributed by atoms with Crippen molar-refractivity contribution in [3.8, 4) is 0 Å². The molecule has 18 heavy (non-hydrogen) atoms. The topological polar surface area (TPSA) is 20.2 Å². The highest BCUT2D eigenvalue weighted by atomic mass is 32.1. The van der Waals surface area contributed by atoms with Crippen molar-refractivity contribution in [3.05, 3.63) is 21.9 Å². The van der Waals surface area contributed by atoms with E-state index >= 15 is 0 Å². The molecule has 0 bridgehead atoms. The molecule has 2 rings (SSSR count). The normalized spacial score (nSPS) is 29.5. The van der Waals surface area contributed by atoms with Crippen molar-refractivity contribution in [1.29, 1.82) is 0 Å². The Bertz CT molecular complexity index is 397. The fourth-order valence-corrected chi connectivity index (χ4v) is 4.10. The number of hydrogen-bond donors (Lipinski definition) is 1. The highest BCUT2D eigenvalue weighted by Crippen LogP contribution is 2.47. The first-order valence-electron chi connectivity index (χ1n) is 7.16. The molecule has 0 saturated heterocycles. The van der Waals surface area contributed by atoms with E-state index in [9.17, 15) is 5.11 Å². The molecule has 0 atom stereocenters. The highest BCUT2D eigenvalue weighted by molar-refractivity contribution is 7.10. The Balaban J connectivity index is 2.09. The molecule has 1 heterocycles. The van der Waals surface area contributed by atoms with Gasteiger partial charge in [0.1, 0.15) is 0 Å². The van der Waals surface area contributed by atoms with E-state index in [0.29, 0.717) is 5.41 Å². The Morgan fingerprint density at radius 2 is 2.00 bits per heavy atom. The average Bonchev–Trinajstić information content (AvgIpc) is 2.77. The summed E-state index contributed by atoms with van der Waals surface area (Å²) >= 11 is 1.75. The Morgan fingerprint density at radius 3 is 2.44 bits per heavy atom. The minimum absolute atomic E-state index is 0.422. The summed E-state index contributed by atoms with van der Waals surface area (Å²) in [4.78, 5) is 1.28. The van der Waals surface area contributed by atoms with E-state index < -0.39 is 5.60 Å². The monoisotopic (exact) mass is 266 g/mol. The number of thiophene rings is 1. The maximum Gasteiger partial charge on any atom is 0.0907 e. The van der Waals surface area contributed by atoms with E-state index in [1.54, 1.807) is 11.3 Å². The van der Waals surface area contributed by atoms with Crippen LogP contribution in [0.1, 0.15) is 63.3 Å². The quantitative estimate of drug-likeness (QED) is 0.827. The predicted molar refractivity (Wildman–Crippen MR) is 79.0 cm³/mol. The van der Waals surface area contributed by atoms with Gasteiger partial charge in [-0.1, -0.05) is 27.2 Å². The third kappa shape index (κ3) is 2.50. The molecule has 102 valence electrons. The summed E-state index contributed by atoms with van der Waals surface area (Å²) in [6.07, 6.45) is 5.41. The zero-order valence-corrected chi connectivity index (χ0v) is 12.9. The number of aryl methyl sites for hydroxylation is 1. The largest absolute Gasteiger partial charge is 0.385 e. The predicted octanol–water partition coefficient (Wildman–Crippen LogP) is 4.87. The van der Waals surface area contributed by atoms with Crippen LogP contribution in [0.3, 0.4) is 0 Å².